The first-order chi connectivity index (χ1) is 11.0. The summed E-state index contributed by atoms with van der Waals surface area (Å²) in [6.07, 6.45) is 0. The lowest BCUT2D eigenvalue weighted by Crippen LogP contribution is -2.10. The first-order valence-corrected chi connectivity index (χ1v) is 6.78. The van der Waals surface area contributed by atoms with Crippen LogP contribution >= 0.6 is 0 Å². The molecule has 0 aliphatic heterocycles. The maximum atomic E-state index is 13.6. The van der Waals surface area contributed by atoms with Crippen LogP contribution in [-0.2, 0) is 11.4 Å². The van der Waals surface area contributed by atoms with Crippen LogP contribution in [-0.4, -0.2) is 23.2 Å². The number of rotatable bonds is 6. The maximum absolute atomic E-state index is 13.6. The molecule has 7 heteroatoms. The molecule has 0 amide bonds. The van der Waals surface area contributed by atoms with Gasteiger partial charge >= 0.3 is 0 Å². The molecule has 0 aromatic heterocycles. The van der Waals surface area contributed by atoms with Crippen molar-refractivity contribution in [3.8, 4) is 5.75 Å². The van der Waals surface area contributed by atoms with Gasteiger partial charge in [0.05, 0.1) is 18.5 Å². The van der Waals surface area contributed by atoms with Crippen molar-refractivity contribution in [3.05, 3.63) is 59.4 Å². The van der Waals surface area contributed by atoms with Gasteiger partial charge in [0.1, 0.15) is 6.61 Å². The molecule has 0 aliphatic carbocycles. The standard InChI is InChI=1S/C16H17FN2O4/c1-11(13-5-8-16(22-2)15(17)9-13)18-23-10-12-3-6-14(7-4-12)19(20)21/h3-9,20-21H,10H2,1-2H3/b18-11+. The Kier molecular flexibility index (Phi) is 5.51. The van der Waals surface area contributed by atoms with E-state index in [2.05, 4.69) is 5.16 Å². The van der Waals surface area contributed by atoms with Crippen molar-refractivity contribution in [1.29, 1.82) is 0 Å². The quantitative estimate of drug-likeness (QED) is 0.630. The van der Waals surface area contributed by atoms with Gasteiger partial charge in [-0.05, 0) is 42.8 Å². The molecule has 2 aromatic carbocycles. The van der Waals surface area contributed by atoms with Gasteiger partial charge in [-0.3, -0.25) is 10.4 Å². The second-order valence-electron chi connectivity index (χ2n) is 4.76. The summed E-state index contributed by atoms with van der Waals surface area (Å²) >= 11 is 0. The van der Waals surface area contributed by atoms with Crippen molar-refractivity contribution in [2.24, 2.45) is 5.16 Å². The fraction of sp³-hybridized carbons (Fsp3) is 0.188. The van der Waals surface area contributed by atoms with E-state index in [1.807, 2.05) is 0 Å². The summed E-state index contributed by atoms with van der Waals surface area (Å²) < 4.78 is 18.5. The van der Waals surface area contributed by atoms with Gasteiger partial charge in [-0.2, -0.15) is 0 Å². The van der Waals surface area contributed by atoms with Gasteiger partial charge in [-0.25, -0.2) is 4.39 Å². The Hall–Kier alpha value is -2.64. The number of methoxy groups -OCH3 is 1. The van der Waals surface area contributed by atoms with E-state index in [0.29, 0.717) is 11.3 Å². The molecule has 0 atom stereocenters. The Labute approximate surface area is 132 Å². The minimum Gasteiger partial charge on any atom is -0.494 e. The van der Waals surface area contributed by atoms with Crippen molar-refractivity contribution in [3.63, 3.8) is 0 Å². The highest BCUT2D eigenvalue weighted by molar-refractivity contribution is 5.98. The van der Waals surface area contributed by atoms with Crippen LogP contribution in [0.2, 0.25) is 0 Å². The molecule has 2 rings (SSSR count). The van der Waals surface area contributed by atoms with Crippen LogP contribution in [0.4, 0.5) is 10.1 Å². The average molecular weight is 320 g/mol. The lowest BCUT2D eigenvalue weighted by atomic mass is 10.1. The summed E-state index contributed by atoms with van der Waals surface area (Å²) in [5.74, 6) is -0.294. The third-order valence-corrected chi connectivity index (χ3v) is 3.17. The first-order valence-electron chi connectivity index (χ1n) is 6.78. The predicted molar refractivity (Wildman–Crippen MR) is 82.4 cm³/mol. The van der Waals surface area contributed by atoms with E-state index in [0.717, 1.165) is 5.56 Å². The molecule has 0 heterocycles. The lowest BCUT2D eigenvalue weighted by molar-refractivity contribution is 0.0291. The highest BCUT2D eigenvalue weighted by Crippen LogP contribution is 2.18. The van der Waals surface area contributed by atoms with Crippen molar-refractivity contribution in [2.45, 2.75) is 13.5 Å². The molecule has 2 N–H and O–H groups in total. The average Bonchev–Trinajstić information content (AvgIpc) is 2.55. The Morgan fingerprint density at radius 3 is 2.43 bits per heavy atom. The third-order valence-electron chi connectivity index (χ3n) is 3.17. The fourth-order valence-electron chi connectivity index (χ4n) is 1.87. The Balaban J connectivity index is 1.98. The zero-order valence-electron chi connectivity index (χ0n) is 12.7. The first kappa shape index (κ1) is 16.7. The van der Waals surface area contributed by atoms with Gasteiger partial charge in [0, 0.05) is 5.56 Å². The van der Waals surface area contributed by atoms with Crippen LogP contribution in [0.15, 0.2) is 47.6 Å². The van der Waals surface area contributed by atoms with Crippen molar-refractivity contribution >= 4 is 11.4 Å². The molecule has 0 unspecified atom stereocenters. The molecule has 2 aromatic rings. The molecule has 6 nitrogen and oxygen atoms in total. The lowest BCUT2D eigenvalue weighted by Gasteiger charge is -2.08. The minimum absolute atomic E-state index is 0.0329. The fourth-order valence-corrected chi connectivity index (χ4v) is 1.87. The van der Waals surface area contributed by atoms with E-state index >= 15 is 0 Å². The highest BCUT2D eigenvalue weighted by Gasteiger charge is 2.06. The number of anilines is 1. The van der Waals surface area contributed by atoms with E-state index in [9.17, 15) is 4.39 Å². The predicted octanol–water partition coefficient (Wildman–Crippen LogP) is 3.36. The summed E-state index contributed by atoms with van der Waals surface area (Å²) in [5.41, 5.74) is 2.16. The molecular weight excluding hydrogens is 303 g/mol. The van der Waals surface area contributed by atoms with Gasteiger partial charge in [0.15, 0.2) is 11.6 Å². The number of benzene rings is 2. The zero-order chi connectivity index (χ0) is 16.8. The molecule has 0 spiro atoms. The Morgan fingerprint density at radius 1 is 1.17 bits per heavy atom. The van der Waals surface area contributed by atoms with Crippen LogP contribution in [0.25, 0.3) is 0 Å². The number of hydrogen-bond acceptors (Lipinski definition) is 6. The zero-order valence-corrected chi connectivity index (χ0v) is 12.7. The van der Waals surface area contributed by atoms with Crippen molar-refractivity contribution < 1.29 is 24.4 Å². The largest absolute Gasteiger partial charge is 0.494 e. The third kappa shape index (κ3) is 4.41. The van der Waals surface area contributed by atoms with Crippen molar-refractivity contribution in [1.82, 2.24) is 0 Å². The Bertz CT molecular complexity index is 687. The van der Waals surface area contributed by atoms with Gasteiger partial charge in [0.2, 0.25) is 0 Å². The van der Waals surface area contributed by atoms with Gasteiger partial charge in [-0.15, -0.1) is 5.23 Å². The summed E-state index contributed by atoms with van der Waals surface area (Å²) in [6.45, 7) is 1.91. The summed E-state index contributed by atoms with van der Waals surface area (Å²) in [6, 6.07) is 10.9. The smallest absolute Gasteiger partial charge is 0.165 e. The monoisotopic (exact) mass is 320 g/mol. The van der Waals surface area contributed by atoms with Gasteiger partial charge in [-0.1, -0.05) is 17.3 Å². The SMILES string of the molecule is COc1ccc(/C(C)=N/OCc2ccc(N(O)O)cc2)cc1F. The topological polar surface area (TPSA) is 74.5 Å². The molecule has 0 bridgehead atoms. The van der Waals surface area contributed by atoms with Crippen LogP contribution in [0.3, 0.4) is 0 Å². The van der Waals surface area contributed by atoms with Gasteiger partial charge < -0.3 is 9.57 Å². The molecule has 23 heavy (non-hydrogen) atoms. The van der Waals surface area contributed by atoms with E-state index in [1.54, 1.807) is 25.1 Å². The number of oxime groups is 1. The second-order valence-corrected chi connectivity index (χ2v) is 4.76. The second kappa shape index (κ2) is 7.57. The van der Waals surface area contributed by atoms with Crippen LogP contribution < -0.4 is 9.96 Å². The number of halogens is 1. The minimum atomic E-state index is -0.465. The maximum Gasteiger partial charge on any atom is 0.165 e. The molecule has 0 aliphatic rings. The van der Waals surface area contributed by atoms with Crippen molar-refractivity contribution in [2.75, 3.05) is 12.3 Å². The molecule has 0 fully saturated rings. The van der Waals surface area contributed by atoms with E-state index < -0.39 is 5.82 Å². The van der Waals surface area contributed by atoms with Crippen LogP contribution in [0.5, 0.6) is 5.75 Å². The normalized spacial score (nSPS) is 11.3. The summed E-state index contributed by atoms with van der Waals surface area (Å²) in [4.78, 5) is 5.23. The molecule has 122 valence electrons. The molecule has 0 saturated heterocycles. The number of ether oxygens (including phenoxy) is 1. The summed E-state index contributed by atoms with van der Waals surface area (Å²) in [5, 5.41) is 21.7. The number of nitrogens with zero attached hydrogens (tertiary/aromatic N) is 2. The van der Waals surface area contributed by atoms with Crippen LogP contribution in [0.1, 0.15) is 18.1 Å². The van der Waals surface area contributed by atoms with Crippen LogP contribution in [0, 0.1) is 5.82 Å². The van der Waals surface area contributed by atoms with E-state index in [1.165, 1.54) is 31.4 Å². The van der Waals surface area contributed by atoms with E-state index in [-0.39, 0.29) is 23.3 Å². The highest BCUT2D eigenvalue weighted by atomic mass is 19.1. The molecule has 0 radical (unpaired) electrons. The number of hydrogen-bond donors (Lipinski definition) is 2. The van der Waals surface area contributed by atoms with Gasteiger partial charge in [0.25, 0.3) is 0 Å². The van der Waals surface area contributed by atoms with E-state index in [4.69, 9.17) is 20.0 Å². The Morgan fingerprint density at radius 2 is 1.87 bits per heavy atom. The molecule has 0 saturated carbocycles. The summed E-state index contributed by atoms with van der Waals surface area (Å²) in [7, 11) is 1.40. The molecular formula is C16H17FN2O4.